The molecule has 1 atom stereocenters. The molecule has 2 saturated heterocycles. The first-order valence-corrected chi connectivity index (χ1v) is 6.24. The fraction of sp³-hybridized carbons (Fsp3) is 1.00. The molecule has 15 heavy (non-hydrogen) atoms. The van der Waals surface area contributed by atoms with Crippen molar-refractivity contribution in [3.05, 3.63) is 0 Å². The molecule has 0 radical (unpaired) electrons. The van der Waals surface area contributed by atoms with E-state index < -0.39 is 0 Å². The fourth-order valence-electron chi connectivity index (χ4n) is 2.76. The van der Waals surface area contributed by atoms with Crippen molar-refractivity contribution in [2.45, 2.75) is 32.7 Å². The normalized spacial score (nSPS) is 34.6. The third kappa shape index (κ3) is 2.71. The molecule has 2 aliphatic rings. The first kappa shape index (κ1) is 11.4. The van der Waals surface area contributed by atoms with Crippen LogP contribution in [0.5, 0.6) is 0 Å². The lowest BCUT2D eigenvalue weighted by Crippen LogP contribution is -2.50. The minimum Gasteiger partial charge on any atom is -0.379 e. The van der Waals surface area contributed by atoms with Crippen molar-refractivity contribution < 1.29 is 4.74 Å². The maximum absolute atomic E-state index is 5.79. The Morgan fingerprint density at radius 2 is 2.27 bits per heavy atom. The van der Waals surface area contributed by atoms with Crippen LogP contribution in [-0.4, -0.2) is 50.3 Å². The zero-order valence-corrected chi connectivity index (χ0v) is 10.1. The van der Waals surface area contributed by atoms with Crippen LogP contribution in [0.2, 0.25) is 0 Å². The number of rotatable bonds is 1. The first-order valence-electron chi connectivity index (χ1n) is 6.24. The molecule has 3 nitrogen and oxygen atoms in total. The number of piperidine rings is 1. The molecule has 2 heterocycles. The Morgan fingerprint density at radius 1 is 1.40 bits per heavy atom. The molecule has 2 rings (SSSR count). The Hall–Kier alpha value is -0.120. The van der Waals surface area contributed by atoms with E-state index in [1.54, 1.807) is 0 Å². The van der Waals surface area contributed by atoms with Gasteiger partial charge in [0, 0.05) is 31.1 Å². The molecule has 0 amide bonds. The quantitative estimate of drug-likeness (QED) is 0.704. The summed E-state index contributed by atoms with van der Waals surface area (Å²) in [6.07, 6.45) is 2.62. The SMILES string of the molecule is CC(C)N1CCOC[C@@]2(CCCNC2)C1. The molecule has 1 N–H and O–H groups in total. The van der Waals surface area contributed by atoms with Crippen LogP contribution in [0.4, 0.5) is 0 Å². The predicted molar refractivity (Wildman–Crippen MR) is 62.1 cm³/mol. The highest BCUT2D eigenvalue weighted by atomic mass is 16.5. The number of hydrogen-bond acceptors (Lipinski definition) is 3. The molecular formula is C12H24N2O. The van der Waals surface area contributed by atoms with Crippen LogP contribution in [0.25, 0.3) is 0 Å². The molecule has 0 bridgehead atoms. The van der Waals surface area contributed by atoms with Gasteiger partial charge in [0.05, 0.1) is 13.2 Å². The van der Waals surface area contributed by atoms with Gasteiger partial charge < -0.3 is 10.1 Å². The summed E-state index contributed by atoms with van der Waals surface area (Å²) >= 11 is 0. The molecule has 3 heteroatoms. The summed E-state index contributed by atoms with van der Waals surface area (Å²) in [5, 5.41) is 3.53. The van der Waals surface area contributed by atoms with Gasteiger partial charge in [-0.05, 0) is 33.2 Å². The molecule has 0 aromatic carbocycles. The summed E-state index contributed by atoms with van der Waals surface area (Å²) in [5.41, 5.74) is 0.388. The van der Waals surface area contributed by atoms with Crippen molar-refractivity contribution in [1.82, 2.24) is 10.2 Å². The summed E-state index contributed by atoms with van der Waals surface area (Å²) < 4.78 is 5.79. The molecule has 0 unspecified atom stereocenters. The van der Waals surface area contributed by atoms with Gasteiger partial charge in [0.15, 0.2) is 0 Å². The van der Waals surface area contributed by atoms with Gasteiger partial charge in [-0.2, -0.15) is 0 Å². The van der Waals surface area contributed by atoms with Crippen LogP contribution in [0, 0.1) is 5.41 Å². The third-order valence-corrected chi connectivity index (χ3v) is 3.76. The van der Waals surface area contributed by atoms with E-state index in [4.69, 9.17) is 4.74 Å². The predicted octanol–water partition coefficient (Wildman–Crippen LogP) is 1.10. The monoisotopic (exact) mass is 212 g/mol. The number of ether oxygens (including phenoxy) is 1. The van der Waals surface area contributed by atoms with Gasteiger partial charge >= 0.3 is 0 Å². The van der Waals surface area contributed by atoms with Crippen LogP contribution in [0.15, 0.2) is 0 Å². The second-order valence-electron chi connectivity index (χ2n) is 5.40. The Morgan fingerprint density at radius 3 is 2.93 bits per heavy atom. The van der Waals surface area contributed by atoms with Crippen molar-refractivity contribution in [1.29, 1.82) is 0 Å². The summed E-state index contributed by atoms with van der Waals surface area (Å²) in [6, 6.07) is 0.644. The number of nitrogens with zero attached hydrogens (tertiary/aromatic N) is 1. The Balaban J connectivity index is 2.02. The Bertz CT molecular complexity index is 200. The maximum atomic E-state index is 5.79. The van der Waals surface area contributed by atoms with E-state index in [1.165, 1.54) is 25.9 Å². The minimum absolute atomic E-state index is 0.388. The summed E-state index contributed by atoms with van der Waals surface area (Å²) in [7, 11) is 0. The van der Waals surface area contributed by atoms with Crippen LogP contribution in [0.1, 0.15) is 26.7 Å². The summed E-state index contributed by atoms with van der Waals surface area (Å²) in [4.78, 5) is 2.57. The summed E-state index contributed by atoms with van der Waals surface area (Å²) in [5.74, 6) is 0. The number of hydrogen-bond donors (Lipinski definition) is 1. The van der Waals surface area contributed by atoms with E-state index in [0.29, 0.717) is 11.5 Å². The second-order valence-corrected chi connectivity index (χ2v) is 5.40. The average Bonchev–Trinajstić information content (AvgIpc) is 2.43. The molecule has 0 aliphatic carbocycles. The van der Waals surface area contributed by atoms with Crippen molar-refractivity contribution >= 4 is 0 Å². The van der Waals surface area contributed by atoms with E-state index in [1.807, 2.05) is 0 Å². The van der Waals surface area contributed by atoms with Crippen LogP contribution < -0.4 is 5.32 Å². The van der Waals surface area contributed by atoms with Gasteiger partial charge in [-0.3, -0.25) is 4.90 Å². The smallest absolute Gasteiger partial charge is 0.0593 e. The van der Waals surface area contributed by atoms with Gasteiger partial charge in [-0.15, -0.1) is 0 Å². The molecule has 88 valence electrons. The Labute approximate surface area is 93.2 Å². The largest absolute Gasteiger partial charge is 0.379 e. The minimum atomic E-state index is 0.388. The highest BCUT2D eigenvalue weighted by Crippen LogP contribution is 2.30. The number of nitrogens with one attached hydrogen (secondary N) is 1. The lowest BCUT2D eigenvalue weighted by atomic mass is 9.81. The highest BCUT2D eigenvalue weighted by Gasteiger charge is 2.36. The van der Waals surface area contributed by atoms with Gasteiger partial charge in [-0.1, -0.05) is 0 Å². The molecule has 2 aliphatic heterocycles. The molecular weight excluding hydrogens is 188 g/mol. The molecule has 0 aromatic heterocycles. The van der Waals surface area contributed by atoms with E-state index in [-0.39, 0.29) is 0 Å². The zero-order chi connectivity index (χ0) is 10.7. The van der Waals surface area contributed by atoms with Crippen molar-refractivity contribution in [3.8, 4) is 0 Å². The molecule has 1 spiro atoms. The van der Waals surface area contributed by atoms with Gasteiger partial charge in [0.25, 0.3) is 0 Å². The van der Waals surface area contributed by atoms with Crippen LogP contribution >= 0.6 is 0 Å². The van der Waals surface area contributed by atoms with E-state index in [9.17, 15) is 0 Å². The maximum Gasteiger partial charge on any atom is 0.0593 e. The molecule has 0 aromatic rings. The molecule has 0 saturated carbocycles. The fourth-order valence-corrected chi connectivity index (χ4v) is 2.76. The highest BCUT2D eigenvalue weighted by molar-refractivity contribution is 4.90. The van der Waals surface area contributed by atoms with Gasteiger partial charge in [-0.25, -0.2) is 0 Å². The lowest BCUT2D eigenvalue weighted by Gasteiger charge is -2.40. The zero-order valence-electron chi connectivity index (χ0n) is 10.1. The van der Waals surface area contributed by atoms with E-state index in [0.717, 1.165) is 26.3 Å². The van der Waals surface area contributed by atoms with E-state index >= 15 is 0 Å². The first-order chi connectivity index (χ1) is 7.22. The van der Waals surface area contributed by atoms with Crippen molar-refractivity contribution in [3.63, 3.8) is 0 Å². The molecule has 2 fully saturated rings. The van der Waals surface area contributed by atoms with Crippen LogP contribution in [0.3, 0.4) is 0 Å². The van der Waals surface area contributed by atoms with Gasteiger partial charge in [0.1, 0.15) is 0 Å². The third-order valence-electron chi connectivity index (χ3n) is 3.76. The van der Waals surface area contributed by atoms with E-state index in [2.05, 4.69) is 24.1 Å². The topological polar surface area (TPSA) is 24.5 Å². The van der Waals surface area contributed by atoms with Crippen LogP contribution in [-0.2, 0) is 4.74 Å². The van der Waals surface area contributed by atoms with Crippen molar-refractivity contribution in [2.24, 2.45) is 5.41 Å². The lowest BCUT2D eigenvalue weighted by molar-refractivity contribution is 0.0474. The average molecular weight is 212 g/mol. The van der Waals surface area contributed by atoms with Gasteiger partial charge in [0.2, 0.25) is 0 Å². The standard InChI is InChI=1S/C12H24N2O/c1-11(2)14-6-7-15-10-12(9-14)4-3-5-13-8-12/h11,13H,3-10H2,1-2H3/t12-/m1/s1. The summed E-state index contributed by atoms with van der Waals surface area (Å²) in [6.45, 7) is 11.0. The van der Waals surface area contributed by atoms with Crippen molar-refractivity contribution in [2.75, 3.05) is 39.4 Å². The Kier molecular flexibility index (Phi) is 3.65. The second kappa shape index (κ2) is 4.81.